The van der Waals surface area contributed by atoms with Crippen molar-refractivity contribution in [3.8, 4) is 0 Å². The zero-order valence-corrected chi connectivity index (χ0v) is 15.9. The minimum atomic E-state index is 0.113. The molecule has 0 radical (unpaired) electrons. The van der Waals surface area contributed by atoms with Crippen LogP contribution in [0.4, 0.5) is 0 Å². The van der Waals surface area contributed by atoms with Gasteiger partial charge in [-0.25, -0.2) is 0 Å². The van der Waals surface area contributed by atoms with Crippen molar-refractivity contribution in [2.75, 3.05) is 19.7 Å². The van der Waals surface area contributed by atoms with Gasteiger partial charge in [0.1, 0.15) is 0 Å². The van der Waals surface area contributed by atoms with Crippen molar-refractivity contribution in [3.63, 3.8) is 0 Å². The van der Waals surface area contributed by atoms with Gasteiger partial charge in [-0.3, -0.25) is 0 Å². The number of rotatable bonds is 8. The first-order valence-electron chi connectivity index (χ1n) is 9.51. The second-order valence-electron chi connectivity index (χ2n) is 8.17. The quantitative estimate of drug-likeness (QED) is 0.723. The van der Waals surface area contributed by atoms with Gasteiger partial charge < -0.3 is 10.0 Å². The van der Waals surface area contributed by atoms with Crippen molar-refractivity contribution in [3.05, 3.63) is 48.2 Å². The maximum atomic E-state index is 10.0. The first-order valence-corrected chi connectivity index (χ1v) is 9.51. The van der Waals surface area contributed by atoms with Crippen LogP contribution in [0, 0.1) is 10.8 Å². The average molecular weight is 330 g/mol. The van der Waals surface area contributed by atoms with Crippen LogP contribution in [0.15, 0.2) is 42.6 Å². The lowest BCUT2D eigenvalue weighted by Gasteiger charge is -2.45. The number of allylic oxidation sites excluding steroid dienone is 1. The molecule has 2 heteroatoms. The Kier molecular flexibility index (Phi) is 6.51. The largest absolute Gasteiger partial charge is 0.396 e. The van der Waals surface area contributed by atoms with Gasteiger partial charge in [-0.05, 0) is 49.5 Å². The number of aliphatic hydroxyl groups excluding tert-OH is 1. The lowest BCUT2D eigenvalue weighted by atomic mass is 9.74. The molecule has 134 valence electrons. The fraction of sp³-hybridized carbons (Fsp3) is 0.636. The molecule has 2 nitrogen and oxygen atoms in total. The highest BCUT2D eigenvalue weighted by molar-refractivity contribution is 5.14. The second kappa shape index (κ2) is 8.20. The van der Waals surface area contributed by atoms with Gasteiger partial charge >= 0.3 is 0 Å². The number of nitrogens with zero attached hydrogens (tertiary/aromatic N) is 1. The highest BCUT2D eigenvalue weighted by Gasteiger charge is 2.35. The van der Waals surface area contributed by atoms with Crippen LogP contribution in [-0.2, 0) is 6.42 Å². The molecule has 0 aliphatic carbocycles. The normalized spacial score (nSPS) is 17.8. The molecule has 1 saturated heterocycles. The Morgan fingerprint density at radius 2 is 1.83 bits per heavy atom. The smallest absolute Gasteiger partial charge is 0.0488 e. The van der Waals surface area contributed by atoms with E-state index in [1.54, 1.807) is 0 Å². The Balaban J connectivity index is 1.86. The minimum absolute atomic E-state index is 0.113. The number of benzene rings is 1. The van der Waals surface area contributed by atoms with E-state index < -0.39 is 0 Å². The summed E-state index contributed by atoms with van der Waals surface area (Å²) >= 11 is 0. The Hall–Kier alpha value is -1.28. The maximum absolute atomic E-state index is 10.0. The molecule has 0 aromatic heterocycles. The highest BCUT2D eigenvalue weighted by Crippen LogP contribution is 2.40. The summed E-state index contributed by atoms with van der Waals surface area (Å²) in [6, 6.07) is 10.7. The third-order valence-electron chi connectivity index (χ3n) is 6.22. The molecule has 1 N–H and O–H groups in total. The summed E-state index contributed by atoms with van der Waals surface area (Å²) in [5.41, 5.74) is 2.95. The molecule has 1 aromatic rings. The van der Waals surface area contributed by atoms with E-state index in [2.05, 4.69) is 62.6 Å². The van der Waals surface area contributed by atoms with Crippen molar-refractivity contribution >= 4 is 0 Å². The first kappa shape index (κ1) is 19.1. The Bertz CT molecular complexity index is 512. The van der Waals surface area contributed by atoms with Gasteiger partial charge in [-0.1, -0.05) is 57.7 Å². The summed E-state index contributed by atoms with van der Waals surface area (Å²) < 4.78 is 0. The summed E-state index contributed by atoms with van der Waals surface area (Å²) in [4.78, 5) is 2.45. The average Bonchev–Trinajstić information content (AvgIpc) is 2.62. The summed E-state index contributed by atoms with van der Waals surface area (Å²) in [7, 11) is 0. The molecule has 1 aliphatic rings. The first-order chi connectivity index (χ1) is 11.4. The van der Waals surface area contributed by atoms with E-state index >= 15 is 0 Å². The number of aliphatic hydroxyl groups is 1. The summed E-state index contributed by atoms with van der Waals surface area (Å²) in [5.74, 6) is 0. The van der Waals surface area contributed by atoms with Gasteiger partial charge in [-0.15, -0.1) is 0 Å². The Morgan fingerprint density at radius 3 is 2.38 bits per heavy atom. The number of hydrogen-bond donors (Lipinski definition) is 1. The minimum Gasteiger partial charge on any atom is -0.396 e. The van der Waals surface area contributed by atoms with Gasteiger partial charge in [0.2, 0.25) is 0 Å². The second-order valence-corrected chi connectivity index (χ2v) is 8.17. The fourth-order valence-corrected chi connectivity index (χ4v) is 3.68. The van der Waals surface area contributed by atoms with Crippen molar-refractivity contribution < 1.29 is 5.11 Å². The molecule has 1 aliphatic heterocycles. The predicted molar refractivity (Wildman–Crippen MR) is 103 cm³/mol. The fourth-order valence-electron chi connectivity index (χ4n) is 3.68. The zero-order chi connectivity index (χ0) is 17.6. The van der Waals surface area contributed by atoms with Crippen LogP contribution in [0.2, 0.25) is 0 Å². The monoisotopic (exact) mass is 329 g/mol. The van der Waals surface area contributed by atoms with Gasteiger partial charge in [0.25, 0.3) is 0 Å². The maximum Gasteiger partial charge on any atom is 0.0488 e. The molecule has 1 aromatic carbocycles. The zero-order valence-electron chi connectivity index (χ0n) is 15.9. The van der Waals surface area contributed by atoms with Gasteiger partial charge in [-0.2, -0.15) is 0 Å². The van der Waals surface area contributed by atoms with Gasteiger partial charge in [0.05, 0.1) is 0 Å². The van der Waals surface area contributed by atoms with E-state index in [0.717, 1.165) is 51.6 Å². The van der Waals surface area contributed by atoms with Crippen molar-refractivity contribution in [2.45, 2.75) is 59.3 Å². The molecule has 0 saturated carbocycles. The number of piperidine rings is 1. The third-order valence-corrected chi connectivity index (χ3v) is 6.22. The number of likely N-dealkylation sites (tertiary alicyclic amines) is 1. The standard InChI is InChI=1S/C22H35NO/c1-5-21(3,4)19(2)23-16-14-22(18-24,15-17-23)13-9-12-20-10-7-6-8-11-20/h6-8,10-11,24H,2,5,9,12-18H2,1,3-4H3. The van der Waals surface area contributed by atoms with Crippen LogP contribution < -0.4 is 0 Å². The van der Waals surface area contributed by atoms with Crippen LogP contribution in [0.1, 0.15) is 58.4 Å². The van der Waals surface area contributed by atoms with E-state index in [1.807, 2.05) is 0 Å². The topological polar surface area (TPSA) is 23.5 Å². The summed E-state index contributed by atoms with van der Waals surface area (Å²) in [6.07, 6.45) is 6.67. The molecule has 0 amide bonds. The molecule has 0 atom stereocenters. The summed E-state index contributed by atoms with van der Waals surface area (Å²) in [6.45, 7) is 13.5. The van der Waals surface area contributed by atoms with E-state index in [9.17, 15) is 5.11 Å². The highest BCUT2D eigenvalue weighted by atomic mass is 16.3. The van der Waals surface area contributed by atoms with Gasteiger partial charge in [0.15, 0.2) is 0 Å². The van der Waals surface area contributed by atoms with Crippen LogP contribution in [0.5, 0.6) is 0 Å². The molecule has 2 rings (SSSR count). The Morgan fingerprint density at radius 1 is 1.21 bits per heavy atom. The third kappa shape index (κ3) is 4.63. The van der Waals surface area contributed by atoms with Gasteiger partial charge in [0, 0.05) is 30.8 Å². The van der Waals surface area contributed by atoms with E-state index in [1.165, 1.54) is 11.3 Å². The molecule has 24 heavy (non-hydrogen) atoms. The van der Waals surface area contributed by atoms with Crippen molar-refractivity contribution in [2.24, 2.45) is 10.8 Å². The van der Waals surface area contributed by atoms with Crippen molar-refractivity contribution in [1.29, 1.82) is 0 Å². The number of aryl methyl sites for hydroxylation is 1. The number of hydrogen-bond acceptors (Lipinski definition) is 2. The Labute approximate surface area is 148 Å². The molecule has 1 heterocycles. The lowest BCUT2D eigenvalue weighted by Crippen LogP contribution is -2.43. The molecule has 0 spiro atoms. The molecular formula is C22H35NO. The molecule has 0 bridgehead atoms. The predicted octanol–water partition coefficient (Wildman–Crippen LogP) is 5.03. The van der Waals surface area contributed by atoms with Crippen LogP contribution in [0.3, 0.4) is 0 Å². The molecule has 0 unspecified atom stereocenters. The molecular weight excluding hydrogens is 294 g/mol. The SMILES string of the molecule is C=C(N1CCC(CO)(CCCc2ccccc2)CC1)C(C)(C)CC. The lowest BCUT2D eigenvalue weighted by molar-refractivity contribution is 0.0396. The van der Waals surface area contributed by atoms with E-state index in [-0.39, 0.29) is 10.8 Å². The van der Waals surface area contributed by atoms with Crippen LogP contribution in [0.25, 0.3) is 0 Å². The van der Waals surface area contributed by atoms with E-state index in [0.29, 0.717) is 6.61 Å². The summed E-state index contributed by atoms with van der Waals surface area (Å²) in [5, 5.41) is 10.0. The molecule has 1 fully saturated rings. The van der Waals surface area contributed by atoms with Crippen LogP contribution >= 0.6 is 0 Å². The van der Waals surface area contributed by atoms with E-state index in [4.69, 9.17) is 0 Å². The van der Waals surface area contributed by atoms with Crippen LogP contribution in [-0.4, -0.2) is 29.7 Å². The van der Waals surface area contributed by atoms with Crippen molar-refractivity contribution in [1.82, 2.24) is 4.90 Å².